The van der Waals surface area contributed by atoms with Crippen molar-refractivity contribution in [2.45, 2.75) is 25.7 Å². The first kappa shape index (κ1) is 22.6. The van der Waals surface area contributed by atoms with Gasteiger partial charge in [-0.15, -0.1) is 0 Å². The van der Waals surface area contributed by atoms with E-state index in [0.29, 0.717) is 36.5 Å². The number of benzene rings is 1. The van der Waals surface area contributed by atoms with E-state index in [1.807, 2.05) is 30.3 Å². The lowest BCUT2D eigenvalue weighted by molar-refractivity contribution is -0.142. The number of aromatic nitrogens is 1. The second kappa shape index (κ2) is 11.3. The molecule has 1 heterocycles. The fourth-order valence-electron chi connectivity index (χ4n) is 3.66. The summed E-state index contributed by atoms with van der Waals surface area (Å²) in [4.78, 5) is 26.8. The predicted molar refractivity (Wildman–Crippen MR) is 115 cm³/mol. The first-order chi connectivity index (χ1) is 15.0. The van der Waals surface area contributed by atoms with Crippen molar-refractivity contribution in [1.82, 2.24) is 4.98 Å². The standard InChI is InChI=1S/C23H28N2O6/c1-29-21-10-19(11-24-12-21)18-6-8-20(9-7-18)25-23(28)31-14-17-4-2-16(3-5-17)13-30-15-22(26)27/h6-12,16-17H,2-5,13-15H2,1H3,(H,25,28)(H,26,27). The van der Waals surface area contributed by atoms with Crippen LogP contribution in [0.15, 0.2) is 42.7 Å². The van der Waals surface area contributed by atoms with Crippen LogP contribution in [-0.2, 0) is 14.3 Å². The quantitative estimate of drug-likeness (QED) is 0.616. The van der Waals surface area contributed by atoms with Crippen LogP contribution in [0.5, 0.6) is 5.75 Å². The molecule has 1 amide bonds. The van der Waals surface area contributed by atoms with Gasteiger partial charge in [-0.3, -0.25) is 10.3 Å². The molecule has 2 N–H and O–H groups in total. The third kappa shape index (κ3) is 7.25. The van der Waals surface area contributed by atoms with Crippen molar-refractivity contribution < 1.29 is 28.9 Å². The molecule has 1 aliphatic carbocycles. The van der Waals surface area contributed by atoms with Crippen LogP contribution in [0.25, 0.3) is 11.1 Å². The minimum Gasteiger partial charge on any atom is -0.495 e. The molecule has 1 aliphatic rings. The Labute approximate surface area is 181 Å². The summed E-state index contributed by atoms with van der Waals surface area (Å²) in [5, 5.41) is 11.4. The average Bonchev–Trinajstić information content (AvgIpc) is 2.79. The van der Waals surface area contributed by atoms with Gasteiger partial charge in [0.2, 0.25) is 0 Å². The Balaban J connectivity index is 1.39. The normalized spacial score (nSPS) is 18.2. The Morgan fingerprint density at radius 3 is 2.35 bits per heavy atom. The number of nitrogens with zero attached hydrogens (tertiary/aromatic N) is 1. The molecule has 0 unspecified atom stereocenters. The third-order valence-corrected chi connectivity index (χ3v) is 5.41. The summed E-state index contributed by atoms with van der Waals surface area (Å²) < 4.78 is 15.8. The number of anilines is 1. The van der Waals surface area contributed by atoms with Gasteiger partial charge in [0.15, 0.2) is 0 Å². The van der Waals surface area contributed by atoms with Crippen molar-refractivity contribution >= 4 is 17.7 Å². The second-order valence-electron chi connectivity index (χ2n) is 7.71. The molecule has 0 spiro atoms. The SMILES string of the molecule is COc1cncc(-c2ccc(NC(=O)OCC3CCC(COCC(=O)O)CC3)cc2)c1. The van der Waals surface area contributed by atoms with E-state index in [1.165, 1.54) is 0 Å². The Kier molecular flexibility index (Phi) is 8.23. The van der Waals surface area contributed by atoms with Crippen LogP contribution in [0.4, 0.5) is 10.5 Å². The fourth-order valence-corrected chi connectivity index (χ4v) is 3.66. The number of nitrogens with one attached hydrogen (secondary N) is 1. The summed E-state index contributed by atoms with van der Waals surface area (Å²) in [5.74, 6) is 0.442. The first-order valence-corrected chi connectivity index (χ1v) is 10.4. The van der Waals surface area contributed by atoms with E-state index in [9.17, 15) is 9.59 Å². The van der Waals surface area contributed by atoms with Crippen LogP contribution >= 0.6 is 0 Å². The van der Waals surface area contributed by atoms with Gasteiger partial charge in [-0.1, -0.05) is 12.1 Å². The molecule has 0 aliphatic heterocycles. The van der Waals surface area contributed by atoms with E-state index in [4.69, 9.17) is 19.3 Å². The average molecular weight is 428 g/mol. The van der Waals surface area contributed by atoms with Gasteiger partial charge in [0, 0.05) is 17.4 Å². The molecule has 0 saturated heterocycles. The van der Waals surface area contributed by atoms with Crippen LogP contribution in [0.1, 0.15) is 25.7 Å². The molecule has 8 heteroatoms. The largest absolute Gasteiger partial charge is 0.495 e. The molecule has 1 aromatic heterocycles. The fraction of sp³-hybridized carbons (Fsp3) is 0.435. The van der Waals surface area contributed by atoms with Gasteiger partial charge in [0.05, 0.1) is 26.5 Å². The monoisotopic (exact) mass is 428 g/mol. The molecule has 0 bridgehead atoms. The zero-order valence-electron chi connectivity index (χ0n) is 17.6. The van der Waals surface area contributed by atoms with Crippen molar-refractivity contribution in [1.29, 1.82) is 0 Å². The van der Waals surface area contributed by atoms with E-state index in [-0.39, 0.29) is 6.61 Å². The van der Waals surface area contributed by atoms with Crippen LogP contribution in [0, 0.1) is 11.8 Å². The molecular weight excluding hydrogens is 400 g/mol. The maximum absolute atomic E-state index is 12.1. The van der Waals surface area contributed by atoms with Crippen LogP contribution < -0.4 is 10.1 Å². The van der Waals surface area contributed by atoms with E-state index < -0.39 is 12.1 Å². The maximum Gasteiger partial charge on any atom is 0.411 e. The Hall–Kier alpha value is -3.13. The Bertz CT molecular complexity index is 863. The van der Waals surface area contributed by atoms with Gasteiger partial charge < -0.3 is 19.3 Å². The summed E-state index contributed by atoms with van der Waals surface area (Å²) >= 11 is 0. The number of methoxy groups -OCH3 is 1. The predicted octanol–water partition coefficient (Wildman–Crippen LogP) is 4.21. The maximum atomic E-state index is 12.1. The van der Waals surface area contributed by atoms with Crippen molar-refractivity contribution in [2.75, 3.05) is 32.2 Å². The highest BCUT2D eigenvalue weighted by molar-refractivity contribution is 5.85. The number of ether oxygens (including phenoxy) is 3. The molecule has 8 nitrogen and oxygen atoms in total. The lowest BCUT2D eigenvalue weighted by Gasteiger charge is -2.27. The third-order valence-electron chi connectivity index (χ3n) is 5.41. The minimum absolute atomic E-state index is 0.249. The zero-order chi connectivity index (χ0) is 22.1. The summed E-state index contributed by atoms with van der Waals surface area (Å²) in [6.07, 6.45) is 6.73. The number of hydrogen-bond donors (Lipinski definition) is 2. The van der Waals surface area contributed by atoms with Crippen molar-refractivity contribution in [3.63, 3.8) is 0 Å². The van der Waals surface area contributed by atoms with Gasteiger partial charge in [0.25, 0.3) is 0 Å². The van der Waals surface area contributed by atoms with Crippen LogP contribution in [-0.4, -0.2) is 49.1 Å². The lowest BCUT2D eigenvalue weighted by Crippen LogP contribution is -2.25. The van der Waals surface area contributed by atoms with Crippen molar-refractivity contribution in [3.05, 3.63) is 42.7 Å². The number of carbonyl (C=O) groups is 2. The van der Waals surface area contributed by atoms with Crippen molar-refractivity contribution in [3.8, 4) is 16.9 Å². The number of hydrogen-bond acceptors (Lipinski definition) is 6. The van der Waals surface area contributed by atoms with Crippen LogP contribution in [0.2, 0.25) is 0 Å². The number of carboxylic acid groups (broad SMARTS) is 1. The molecule has 0 atom stereocenters. The molecule has 1 fully saturated rings. The van der Waals surface area contributed by atoms with Gasteiger partial charge in [-0.2, -0.15) is 0 Å². The minimum atomic E-state index is -0.944. The molecule has 166 valence electrons. The number of carbonyl (C=O) groups excluding carboxylic acids is 1. The van der Waals surface area contributed by atoms with E-state index in [0.717, 1.165) is 36.8 Å². The molecule has 31 heavy (non-hydrogen) atoms. The molecule has 1 saturated carbocycles. The Morgan fingerprint density at radius 1 is 1.03 bits per heavy atom. The first-order valence-electron chi connectivity index (χ1n) is 10.4. The van der Waals surface area contributed by atoms with Gasteiger partial charge in [-0.05, 0) is 61.3 Å². The Morgan fingerprint density at radius 2 is 1.71 bits per heavy atom. The number of pyridine rings is 1. The van der Waals surface area contributed by atoms with E-state index in [2.05, 4.69) is 10.3 Å². The van der Waals surface area contributed by atoms with Gasteiger partial charge in [-0.25, -0.2) is 9.59 Å². The van der Waals surface area contributed by atoms with Gasteiger partial charge >= 0.3 is 12.1 Å². The molecule has 1 aromatic carbocycles. The molecule has 3 rings (SSSR count). The highest BCUT2D eigenvalue weighted by atomic mass is 16.5. The summed E-state index contributed by atoms with van der Waals surface area (Å²) in [7, 11) is 1.60. The highest BCUT2D eigenvalue weighted by Crippen LogP contribution is 2.29. The zero-order valence-corrected chi connectivity index (χ0v) is 17.6. The smallest absolute Gasteiger partial charge is 0.411 e. The van der Waals surface area contributed by atoms with Crippen LogP contribution in [0.3, 0.4) is 0 Å². The molecule has 0 radical (unpaired) electrons. The molecule has 2 aromatic rings. The summed E-state index contributed by atoms with van der Waals surface area (Å²) in [5.41, 5.74) is 2.55. The van der Waals surface area contributed by atoms with Gasteiger partial charge in [0.1, 0.15) is 12.4 Å². The second-order valence-corrected chi connectivity index (χ2v) is 7.71. The highest BCUT2D eigenvalue weighted by Gasteiger charge is 2.22. The van der Waals surface area contributed by atoms with E-state index >= 15 is 0 Å². The number of carboxylic acids is 1. The number of aliphatic carboxylic acids is 1. The molecular formula is C23H28N2O6. The van der Waals surface area contributed by atoms with E-state index in [1.54, 1.807) is 19.5 Å². The van der Waals surface area contributed by atoms with Crippen molar-refractivity contribution in [2.24, 2.45) is 11.8 Å². The lowest BCUT2D eigenvalue weighted by atomic mass is 9.83. The summed E-state index contributed by atoms with van der Waals surface area (Å²) in [6, 6.07) is 9.34. The number of amides is 1. The topological polar surface area (TPSA) is 107 Å². The number of rotatable bonds is 9. The summed E-state index contributed by atoms with van der Waals surface area (Å²) in [6.45, 7) is 0.602.